The van der Waals surface area contributed by atoms with E-state index in [1.54, 1.807) is 24.3 Å². The number of rotatable bonds is 8. The van der Waals surface area contributed by atoms with E-state index in [1.165, 1.54) is 6.92 Å². The van der Waals surface area contributed by atoms with E-state index in [2.05, 4.69) is 5.32 Å². The van der Waals surface area contributed by atoms with Crippen LogP contribution in [-0.2, 0) is 14.3 Å². The van der Waals surface area contributed by atoms with Crippen molar-refractivity contribution in [3.8, 4) is 11.1 Å². The van der Waals surface area contributed by atoms with Gasteiger partial charge in [0.15, 0.2) is 18.4 Å². The van der Waals surface area contributed by atoms with Crippen molar-refractivity contribution >= 4 is 17.8 Å². The van der Waals surface area contributed by atoms with E-state index in [0.29, 0.717) is 5.56 Å². The summed E-state index contributed by atoms with van der Waals surface area (Å²) in [6.07, 6.45) is -2.11. The highest BCUT2D eigenvalue weighted by Crippen LogP contribution is 2.44. The first-order valence-corrected chi connectivity index (χ1v) is 11.4. The van der Waals surface area contributed by atoms with E-state index in [-0.39, 0.29) is 18.3 Å². The molecule has 0 heterocycles. The lowest BCUT2D eigenvalue weighted by Gasteiger charge is -2.20. The van der Waals surface area contributed by atoms with Gasteiger partial charge in [0.1, 0.15) is 6.61 Å². The molecule has 0 radical (unpaired) electrons. The maximum absolute atomic E-state index is 12.5. The lowest BCUT2D eigenvalue weighted by atomic mass is 9.98. The average Bonchev–Trinajstić information content (AvgIpc) is 3.18. The van der Waals surface area contributed by atoms with Gasteiger partial charge in [-0.25, -0.2) is 9.59 Å². The van der Waals surface area contributed by atoms with Gasteiger partial charge in [0.25, 0.3) is 0 Å². The van der Waals surface area contributed by atoms with Gasteiger partial charge in [-0.1, -0.05) is 78.4 Å². The highest BCUT2D eigenvalue weighted by atomic mass is 16.6. The van der Waals surface area contributed by atoms with Crippen LogP contribution >= 0.6 is 0 Å². The van der Waals surface area contributed by atoms with Gasteiger partial charge in [-0.3, -0.25) is 4.79 Å². The lowest BCUT2D eigenvalue weighted by Crippen LogP contribution is -2.49. The Morgan fingerprint density at radius 2 is 1.46 bits per heavy atom. The maximum Gasteiger partial charge on any atom is 0.407 e. The number of nitrogens with one attached hydrogen (secondary N) is 1. The molecular weight excluding hydrogens is 446 g/mol. The number of amides is 1. The second-order valence-corrected chi connectivity index (χ2v) is 8.59. The van der Waals surface area contributed by atoms with Crippen LogP contribution in [-0.4, -0.2) is 48.3 Å². The van der Waals surface area contributed by atoms with Crippen molar-refractivity contribution in [2.45, 2.75) is 31.9 Å². The minimum atomic E-state index is -1.38. The van der Waals surface area contributed by atoms with E-state index in [4.69, 9.17) is 9.47 Å². The minimum Gasteiger partial charge on any atom is -0.456 e. The molecule has 0 aromatic heterocycles. The third-order valence-electron chi connectivity index (χ3n) is 6.07. The van der Waals surface area contributed by atoms with Gasteiger partial charge >= 0.3 is 12.1 Å². The molecule has 180 valence electrons. The highest BCUT2D eigenvalue weighted by Gasteiger charge is 2.31. The molecular formula is C28H27NO6. The van der Waals surface area contributed by atoms with Crippen LogP contribution in [0.3, 0.4) is 0 Å². The van der Waals surface area contributed by atoms with Crippen LogP contribution in [0.5, 0.6) is 0 Å². The zero-order valence-electron chi connectivity index (χ0n) is 19.6. The number of Topliss-reactive ketones (excluding diaryl/α,β-unsaturated/α-hetero) is 1. The minimum absolute atomic E-state index is 0.0628. The summed E-state index contributed by atoms with van der Waals surface area (Å²) in [7, 11) is 0. The largest absolute Gasteiger partial charge is 0.456 e. The Bertz CT molecular complexity index is 1190. The van der Waals surface area contributed by atoms with Crippen molar-refractivity contribution in [2.24, 2.45) is 0 Å². The molecule has 3 aromatic rings. The second kappa shape index (κ2) is 10.5. The molecule has 0 saturated carbocycles. The summed E-state index contributed by atoms with van der Waals surface area (Å²) in [5.41, 5.74) is 5.72. The number of esters is 1. The SMILES string of the molecule is Cc1ccc(C(=O)COC(=O)C(NC(=O)OCC2c3ccccc3-c3ccccc32)C(C)O)cc1. The van der Waals surface area contributed by atoms with Crippen LogP contribution in [0.25, 0.3) is 11.1 Å². The van der Waals surface area contributed by atoms with Crippen LogP contribution in [0.15, 0.2) is 72.8 Å². The summed E-state index contributed by atoms with van der Waals surface area (Å²) in [6.45, 7) is 2.80. The van der Waals surface area contributed by atoms with E-state index in [0.717, 1.165) is 27.8 Å². The Balaban J connectivity index is 1.35. The fourth-order valence-corrected chi connectivity index (χ4v) is 4.19. The van der Waals surface area contributed by atoms with Crippen molar-refractivity contribution in [1.82, 2.24) is 5.32 Å². The number of carbonyl (C=O) groups is 3. The van der Waals surface area contributed by atoms with E-state index < -0.39 is 30.8 Å². The summed E-state index contributed by atoms with van der Waals surface area (Å²) in [4.78, 5) is 37.3. The summed E-state index contributed by atoms with van der Waals surface area (Å²) in [5.74, 6) is -1.45. The van der Waals surface area contributed by atoms with Gasteiger partial charge in [0.2, 0.25) is 0 Å². The normalized spacial score (nSPS) is 13.8. The quantitative estimate of drug-likeness (QED) is 0.379. The number of ether oxygens (including phenoxy) is 2. The predicted molar refractivity (Wildman–Crippen MR) is 130 cm³/mol. The molecule has 7 nitrogen and oxygen atoms in total. The zero-order valence-corrected chi connectivity index (χ0v) is 19.6. The van der Waals surface area contributed by atoms with Crippen LogP contribution in [0.4, 0.5) is 4.79 Å². The first-order chi connectivity index (χ1) is 16.8. The lowest BCUT2D eigenvalue weighted by molar-refractivity contribution is -0.147. The van der Waals surface area contributed by atoms with Crippen LogP contribution in [0.1, 0.15) is 39.9 Å². The van der Waals surface area contributed by atoms with Gasteiger partial charge in [-0.2, -0.15) is 0 Å². The van der Waals surface area contributed by atoms with Crippen LogP contribution in [0, 0.1) is 6.92 Å². The number of hydrogen-bond acceptors (Lipinski definition) is 6. The maximum atomic E-state index is 12.5. The Kier molecular flexibility index (Phi) is 7.27. The summed E-state index contributed by atoms with van der Waals surface area (Å²) >= 11 is 0. The number of ketones is 1. The Morgan fingerprint density at radius 3 is 2.03 bits per heavy atom. The zero-order chi connectivity index (χ0) is 24.9. The Hall–Kier alpha value is -3.97. The first-order valence-electron chi connectivity index (χ1n) is 11.4. The molecule has 0 aliphatic heterocycles. The number of aliphatic hydroxyl groups is 1. The number of fused-ring (bicyclic) bond motifs is 3. The number of benzene rings is 3. The summed E-state index contributed by atoms with van der Waals surface area (Å²) < 4.78 is 10.5. The van der Waals surface area contributed by atoms with Crippen molar-refractivity contribution in [2.75, 3.05) is 13.2 Å². The number of hydrogen-bond donors (Lipinski definition) is 2. The van der Waals surface area contributed by atoms with Crippen molar-refractivity contribution in [3.05, 3.63) is 95.1 Å². The van der Waals surface area contributed by atoms with E-state index in [9.17, 15) is 19.5 Å². The molecule has 3 aromatic carbocycles. The Morgan fingerprint density at radius 1 is 0.886 bits per heavy atom. The molecule has 1 aliphatic rings. The van der Waals surface area contributed by atoms with Gasteiger partial charge in [-0.05, 0) is 36.1 Å². The Labute approximate surface area is 203 Å². The topological polar surface area (TPSA) is 102 Å². The molecule has 0 fully saturated rings. The summed E-state index contributed by atoms with van der Waals surface area (Å²) in [6, 6.07) is 21.4. The van der Waals surface area contributed by atoms with E-state index >= 15 is 0 Å². The van der Waals surface area contributed by atoms with Crippen LogP contribution in [0.2, 0.25) is 0 Å². The fraction of sp³-hybridized carbons (Fsp3) is 0.250. The van der Waals surface area contributed by atoms with E-state index in [1.807, 2.05) is 55.5 Å². The van der Waals surface area contributed by atoms with Gasteiger partial charge in [-0.15, -0.1) is 0 Å². The molecule has 4 rings (SSSR count). The summed E-state index contributed by atoms with van der Waals surface area (Å²) in [5, 5.41) is 12.4. The molecule has 0 bridgehead atoms. The molecule has 2 N–H and O–H groups in total. The number of carbonyl (C=O) groups excluding carboxylic acids is 3. The molecule has 35 heavy (non-hydrogen) atoms. The third-order valence-corrected chi connectivity index (χ3v) is 6.07. The monoisotopic (exact) mass is 473 g/mol. The molecule has 0 spiro atoms. The van der Waals surface area contributed by atoms with Gasteiger partial charge < -0.3 is 19.9 Å². The average molecular weight is 474 g/mol. The molecule has 0 saturated heterocycles. The highest BCUT2D eigenvalue weighted by molar-refractivity contribution is 5.98. The molecule has 1 amide bonds. The first kappa shape index (κ1) is 24.2. The third kappa shape index (κ3) is 5.41. The van der Waals surface area contributed by atoms with Gasteiger partial charge in [0.05, 0.1) is 6.10 Å². The molecule has 7 heteroatoms. The van der Waals surface area contributed by atoms with Gasteiger partial charge in [0, 0.05) is 11.5 Å². The molecule has 1 aliphatic carbocycles. The molecule has 2 atom stereocenters. The second-order valence-electron chi connectivity index (χ2n) is 8.59. The fourth-order valence-electron chi connectivity index (χ4n) is 4.19. The number of aliphatic hydroxyl groups excluding tert-OH is 1. The number of aryl methyl sites for hydroxylation is 1. The molecule has 2 unspecified atom stereocenters. The van der Waals surface area contributed by atoms with Crippen molar-refractivity contribution < 1.29 is 29.0 Å². The van der Waals surface area contributed by atoms with Crippen molar-refractivity contribution in [3.63, 3.8) is 0 Å². The standard InChI is InChI=1S/C28H27NO6/c1-17-11-13-19(14-12-17)25(31)16-34-27(32)26(18(2)30)29-28(33)35-15-24-22-9-5-3-7-20(22)21-8-4-6-10-23(21)24/h3-14,18,24,26,30H,15-16H2,1-2H3,(H,29,33). The van der Waals surface area contributed by atoms with Crippen LogP contribution < -0.4 is 5.32 Å². The predicted octanol–water partition coefficient (Wildman–Crippen LogP) is 4.01. The van der Waals surface area contributed by atoms with Crippen molar-refractivity contribution in [1.29, 1.82) is 0 Å². The smallest absolute Gasteiger partial charge is 0.407 e. The number of alkyl carbamates (subject to hydrolysis) is 1.